The van der Waals surface area contributed by atoms with Gasteiger partial charge in [0.2, 0.25) is 6.10 Å². The number of hydrogen-bond acceptors (Lipinski definition) is 7. The van der Waals surface area contributed by atoms with Crippen molar-refractivity contribution in [2.45, 2.75) is 63.9 Å². The Kier molecular flexibility index (Phi) is 5.50. The van der Waals surface area contributed by atoms with Crippen LogP contribution in [0.15, 0.2) is 17.7 Å². The predicted octanol–water partition coefficient (Wildman–Crippen LogP) is 1.24. The topological polar surface area (TPSA) is 104 Å². The molecule has 148 valence electrons. The first-order chi connectivity index (χ1) is 12.7. The molecule has 1 N–H and O–H groups in total. The molecular formula is C18H26N4O5. The molecule has 0 saturated carbocycles. The molecule has 9 nitrogen and oxygen atoms in total. The molecular weight excluding hydrogens is 352 g/mol. The lowest BCUT2D eigenvalue weighted by atomic mass is 10.0. The van der Waals surface area contributed by atoms with Crippen molar-refractivity contribution in [1.82, 2.24) is 14.9 Å². The van der Waals surface area contributed by atoms with Crippen LogP contribution in [0.3, 0.4) is 0 Å². The highest BCUT2D eigenvalue weighted by Crippen LogP contribution is 2.28. The first-order valence-electron chi connectivity index (χ1n) is 9.07. The zero-order chi connectivity index (χ0) is 19.6. The molecule has 3 atom stereocenters. The minimum Gasteiger partial charge on any atom is -0.455 e. The molecule has 9 heteroatoms. The summed E-state index contributed by atoms with van der Waals surface area (Å²) >= 11 is 0. The molecule has 0 bridgehead atoms. The first kappa shape index (κ1) is 19.3. The molecule has 27 heavy (non-hydrogen) atoms. The molecule has 3 rings (SSSR count). The molecule has 0 spiro atoms. The van der Waals surface area contributed by atoms with Crippen LogP contribution in [0.2, 0.25) is 0 Å². The lowest BCUT2D eigenvalue weighted by Crippen LogP contribution is -2.45. The van der Waals surface area contributed by atoms with Gasteiger partial charge in [-0.25, -0.2) is 9.78 Å². The maximum Gasteiger partial charge on any atom is 0.356 e. The van der Waals surface area contributed by atoms with Gasteiger partial charge in [0.25, 0.3) is 5.91 Å². The molecule has 0 aromatic carbocycles. The molecule has 3 heterocycles. The van der Waals surface area contributed by atoms with E-state index < -0.39 is 17.7 Å². The molecule has 1 aromatic heterocycles. The second kappa shape index (κ2) is 7.67. The van der Waals surface area contributed by atoms with Gasteiger partial charge in [-0.1, -0.05) is 5.16 Å². The van der Waals surface area contributed by atoms with E-state index in [2.05, 4.69) is 15.5 Å². The minimum absolute atomic E-state index is 0.0414. The van der Waals surface area contributed by atoms with Crippen LogP contribution in [0.4, 0.5) is 0 Å². The van der Waals surface area contributed by atoms with Gasteiger partial charge in [0.05, 0.1) is 18.2 Å². The standard InChI is InChI=1S/C18H26N4O5/c1-18(2,3)26-17(24)12-8-15(27-21-12)16(23)20-11-5-6-25-14(7-11)13-9-19-10-22(13)4/h9-11,14-15H,5-8H2,1-4H3,(H,20,23)/t11-,14-,15+/m0/s1. The molecule has 0 radical (unpaired) electrons. The maximum absolute atomic E-state index is 12.5. The number of esters is 1. The van der Waals surface area contributed by atoms with Gasteiger partial charge in [-0.15, -0.1) is 0 Å². The Bertz CT molecular complexity index is 736. The van der Waals surface area contributed by atoms with E-state index in [4.69, 9.17) is 14.3 Å². The van der Waals surface area contributed by atoms with E-state index in [9.17, 15) is 9.59 Å². The lowest BCUT2D eigenvalue weighted by molar-refractivity contribution is -0.146. The van der Waals surface area contributed by atoms with Gasteiger partial charge in [0.15, 0.2) is 5.71 Å². The van der Waals surface area contributed by atoms with Crippen LogP contribution in [0.5, 0.6) is 0 Å². The summed E-state index contributed by atoms with van der Waals surface area (Å²) in [4.78, 5) is 33.8. The van der Waals surface area contributed by atoms with Crippen LogP contribution in [-0.4, -0.2) is 51.5 Å². The highest BCUT2D eigenvalue weighted by Gasteiger charge is 2.36. The second-order valence-electron chi connectivity index (χ2n) is 7.86. The molecule has 1 fully saturated rings. The third-order valence-corrected chi connectivity index (χ3v) is 4.41. The summed E-state index contributed by atoms with van der Waals surface area (Å²) in [7, 11) is 1.91. The quantitative estimate of drug-likeness (QED) is 0.791. The Morgan fingerprint density at radius 3 is 2.81 bits per heavy atom. The normalized spacial score (nSPS) is 25.5. The summed E-state index contributed by atoms with van der Waals surface area (Å²) < 4.78 is 13.0. The number of nitrogens with zero attached hydrogens (tertiary/aromatic N) is 3. The molecule has 1 amide bonds. The minimum atomic E-state index is -0.814. The number of aromatic nitrogens is 2. The van der Waals surface area contributed by atoms with E-state index in [1.165, 1.54) is 0 Å². The van der Waals surface area contributed by atoms with Crippen LogP contribution < -0.4 is 5.32 Å². The van der Waals surface area contributed by atoms with Crippen molar-refractivity contribution in [2.24, 2.45) is 12.2 Å². The summed E-state index contributed by atoms with van der Waals surface area (Å²) in [5, 5.41) is 6.71. The summed E-state index contributed by atoms with van der Waals surface area (Å²) in [6.07, 6.45) is 4.04. The number of carbonyl (C=O) groups excluding carboxylic acids is 2. The fraction of sp³-hybridized carbons (Fsp3) is 0.667. The van der Waals surface area contributed by atoms with Gasteiger partial charge >= 0.3 is 5.97 Å². The Morgan fingerprint density at radius 1 is 1.37 bits per heavy atom. The Hall–Kier alpha value is -2.42. The fourth-order valence-electron chi connectivity index (χ4n) is 3.08. The number of carbonyl (C=O) groups is 2. The third kappa shape index (κ3) is 4.85. The molecule has 2 aliphatic heterocycles. The van der Waals surface area contributed by atoms with Crippen LogP contribution >= 0.6 is 0 Å². The van der Waals surface area contributed by atoms with E-state index in [0.29, 0.717) is 19.4 Å². The van der Waals surface area contributed by atoms with Crippen molar-refractivity contribution in [1.29, 1.82) is 0 Å². The largest absolute Gasteiger partial charge is 0.455 e. The highest BCUT2D eigenvalue weighted by atomic mass is 16.7. The average Bonchev–Trinajstić information content (AvgIpc) is 3.22. The molecule has 2 aliphatic rings. The number of ether oxygens (including phenoxy) is 2. The number of imidazole rings is 1. The molecule has 0 aliphatic carbocycles. The zero-order valence-electron chi connectivity index (χ0n) is 16.1. The van der Waals surface area contributed by atoms with E-state index in [1.807, 2.05) is 11.6 Å². The van der Waals surface area contributed by atoms with Gasteiger partial charge in [0.1, 0.15) is 11.7 Å². The van der Waals surface area contributed by atoms with Gasteiger partial charge < -0.3 is 24.2 Å². The molecule has 1 aromatic rings. The van der Waals surface area contributed by atoms with E-state index in [0.717, 1.165) is 5.69 Å². The molecule has 0 unspecified atom stereocenters. The average molecular weight is 378 g/mol. The second-order valence-corrected chi connectivity index (χ2v) is 7.86. The highest BCUT2D eigenvalue weighted by molar-refractivity contribution is 6.37. The zero-order valence-corrected chi connectivity index (χ0v) is 16.1. The van der Waals surface area contributed by atoms with E-state index in [1.54, 1.807) is 33.3 Å². The smallest absolute Gasteiger partial charge is 0.356 e. The van der Waals surface area contributed by atoms with Gasteiger partial charge in [-0.05, 0) is 33.6 Å². The van der Waals surface area contributed by atoms with Crippen molar-refractivity contribution < 1.29 is 23.9 Å². The number of hydrogen-bond donors (Lipinski definition) is 1. The van der Waals surface area contributed by atoms with Crippen LogP contribution in [0.1, 0.15) is 51.8 Å². The van der Waals surface area contributed by atoms with Gasteiger partial charge in [-0.2, -0.15) is 0 Å². The summed E-state index contributed by atoms with van der Waals surface area (Å²) in [6.45, 7) is 5.87. The van der Waals surface area contributed by atoms with Crippen molar-refractivity contribution in [3.63, 3.8) is 0 Å². The number of oxime groups is 1. The van der Waals surface area contributed by atoms with Crippen LogP contribution in [-0.2, 0) is 30.9 Å². The van der Waals surface area contributed by atoms with Crippen LogP contribution in [0, 0.1) is 0 Å². The summed E-state index contributed by atoms with van der Waals surface area (Å²) in [5.41, 5.74) is 0.481. The van der Waals surface area contributed by atoms with Gasteiger partial charge in [-0.3, -0.25) is 4.79 Å². The van der Waals surface area contributed by atoms with Gasteiger partial charge in [0, 0.05) is 26.1 Å². The summed E-state index contributed by atoms with van der Waals surface area (Å²) in [6, 6.07) is -0.0414. The number of nitrogens with one attached hydrogen (secondary N) is 1. The van der Waals surface area contributed by atoms with E-state index >= 15 is 0 Å². The Labute approximate surface area is 158 Å². The maximum atomic E-state index is 12.5. The van der Waals surface area contributed by atoms with Crippen LogP contribution in [0.25, 0.3) is 0 Å². The monoisotopic (exact) mass is 378 g/mol. The number of amides is 1. The fourth-order valence-corrected chi connectivity index (χ4v) is 3.08. The molecule has 1 saturated heterocycles. The SMILES string of the molecule is Cn1cncc1[C@@H]1C[C@@H](NC(=O)[C@H]2CC(C(=O)OC(C)(C)C)=NO2)CCO1. The number of aryl methyl sites for hydroxylation is 1. The van der Waals surface area contributed by atoms with Crippen molar-refractivity contribution in [3.8, 4) is 0 Å². The van der Waals surface area contributed by atoms with Crippen molar-refractivity contribution in [3.05, 3.63) is 18.2 Å². The predicted molar refractivity (Wildman–Crippen MR) is 95.8 cm³/mol. The summed E-state index contributed by atoms with van der Waals surface area (Å²) in [5.74, 6) is -0.840. The van der Waals surface area contributed by atoms with E-state index in [-0.39, 0.29) is 30.2 Å². The van der Waals surface area contributed by atoms with Crippen molar-refractivity contribution >= 4 is 17.6 Å². The Morgan fingerprint density at radius 2 is 2.15 bits per heavy atom. The van der Waals surface area contributed by atoms with Crippen molar-refractivity contribution in [2.75, 3.05) is 6.61 Å². The number of rotatable bonds is 4. The lowest BCUT2D eigenvalue weighted by Gasteiger charge is -2.30. The third-order valence-electron chi connectivity index (χ3n) is 4.41. The first-order valence-corrected chi connectivity index (χ1v) is 9.07. The Balaban J connectivity index is 1.51.